The Labute approximate surface area is 518 Å². The van der Waals surface area contributed by atoms with Crippen LogP contribution in [-0.2, 0) is 10.8 Å². The molecule has 0 saturated carbocycles. The largest absolute Gasteiger partial charge is 0.458 e. The van der Waals surface area contributed by atoms with Gasteiger partial charge in [-0.1, -0.05) is 108 Å². The van der Waals surface area contributed by atoms with Gasteiger partial charge in [-0.05, 0) is 206 Å². The van der Waals surface area contributed by atoms with E-state index in [1.165, 1.54) is 16.5 Å². The Hall–Kier alpha value is -10.3. The molecule has 88 heavy (non-hydrogen) atoms. The van der Waals surface area contributed by atoms with Crippen molar-refractivity contribution in [3.8, 4) is 80.1 Å². The van der Waals surface area contributed by atoms with Gasteiger partial charge in [0.05, 0.1) is 33.5 Å². The lowest BCUT2D eigenvalue weighted by atomic mass is 9.34. The quantitative estimate of drug-likeness (QED) is 0.139. The minimum Gasteiger partial charge on any atom is -0.458 e. The summed E-state index contributed by atoms with van der Waals surface area (Å²) in [6.07, 6.45) is 7.45. The van der Waals surface area contributed by atoms with E-state index in [1.807, 2.05) is 122 Å². The molecule has 0 N–H and O–H groups in total. The average molecular weight is 1210 g/mol. The Morgan fingerprint density at radius 3 is 1.51 bits per heavy atom. The van der Waals surface area contributed by atoms with Crippen molar-refractivity contribution in [3.63, 3.8) is 0 Å². The number of pyridine rings is 4. The van der Waals surface area contributed by atoms with E-state index in [9.17, 15) is 0 Å². The topological polar surface area (TPSA) is 98.3 Å². The zero-order valence-electron chi connectivity index (χ0n) is 49.4. The molecule has 0 aliphatic carbocycles. The Morgan fingerprint density at radius 2 is 0.898 bits per heavy atom. The number of para-hydroxylation sites is 2. The summed E-state index contributed by atoms with van der Waals surface area (Å²) in [5.41, 5.74) is 14.2. The third-order valence-electron chi connectivity index (χ3n) is 16.7. The van der Waals surface area contributed by atoms with Crippen LogP contribution in [0.25, 0.3) is 77.8 Å². The van der Waals surface area contributed by atoms with Gasteiger partial charge in [-0.25, -0.2) is 9.97 Å². The molecule has 8 aromatic carbocycles. The fourth-order valence-corrected chi connectivity index (χ4v) is 12.7. The SMILES string of the molecule is CC(C)(C)c1ccnc(-c2ccc(Oc3cccc(Oc4ccc5c(c4)c4ccccc4n5-c4ccccn4)c3Br)cc2)c1.CC(C)(C)c1ccnc(-c2ccc3c(c2)B2c4cc5c(cc4Oc4cccc(c42)O3)c2ccccc2n5-c2ccccn2)c1. The number of nitrogens with zero attached hydrogens (tertiary/aromatic N) is 6. The first-order chi connectivity index (χ1) is 42.8. The van der Waals surface area contributed by atoms with E-state index in [0.717, 1.165) is 128 Å². The second kappa shape index (κ2) is 21.6. The number of hydrogen-bond acceptors (Lipinski definition) is 8. The van der Waals surface area contributed by atoms with Crippen molar-refractivity contribution < 1.29 is 18.9 Å². The maximum Gasteiger partial charge on any atom is 0.260 e. The van der Waals surface area contributed by atoms with Gasteiger partial charge in [0.15, 0.2) is 0 Å². The summed E-state index contributed by atoms with van der Waals surface area (Å²) in [6.45, 7) is 13.2. The lowest BCUT2D eigenvalue weighted by molar-refractivity contribution is 0.455. The zero-order valence-corrected chi connectivity index (χ0v) is 51.0. The number of hydrogen-bond donors (Lipinski definition) is 0. The highest BCUT2D eigenvalue weighted by molar-refractivity contribution is 9.10. The number of fused-ring (bicyclic) bond motifs is 10. The highest BCUT2D eigenvalue weighted by atomic mass is 79.9. The van der Waals surface area contributed by atoms with Gasteiger partial charge in [-0.3, -0.25) is 19.1 Å². The first kappa shape index (κ1) is 54.4. The molecule has 0 bridgehead atoms. The number of benzene rings is 8. The van der Waals surface area contributed by atoms with Crippen molar-refractivity contribution in [2.24, 2.45) is 0 Å². The maximum absolute atomic E-state index is 6.66. The van der Waals surface area contributed by atoms with Crippen molar-refractivity contribution in [2.45, 2.75) is 52.4 Å². The van der Waals surface area contributed by atoms with Gasteiger partial charge in [0.2, 0.25) is 0 Å². The summed E-state index contributed by atoms with van der Waals surface area (Å²) in [6, 6.07) is 74.4. The zero-order chi connectivity index (χ0) is 59.8. The maximum atomic E-state index is 6.66. The van der Waals surface area contributed by atoms with Crippen LogP contribution in [0.2, 0.25) is 0 Å². The van der Waals surface area contributed by atoms with Crippen molar-refractivity contribution in [3.05, 3.63) is 259 Å². The van der Waals surface area contributed by atoms with Crippen molar-refractivity contribution in [2.75, 3.05) is 0 Å². The van der Waals surface area contributed by atoms with Crippen LogP contribution in [0, 0.1) is 0 Å². The lowest BCUT2D eigenvalue weighted by Crippen LogP contribution is -2.57. The molecule has 0 radical (unpaired) electrons. The van der Waals surface area contributed by atoms with Gasteiger partial charge in [0, 0.05) is 57.4 Å². The Balaban J connectivity index is 0.000000148. The van der Waals surface area contributed by atoms with Gasteiger partial charge >= 0.3 is 0 Å². The van der Waals surface area contributed by atoms with E-state index in [0.29, 0.717) is 11.5 Å². The third-order valence-corrected chi connectivity index (χ3v) is 17.5. The molecule has 0 atom stereocenters. The van der Waals surface area contributed by atoms with Crippen LogP contribution in [-0.4, -0.2) is 35.8 Å². The minimum absolute atomic E-state index is 0.0277. The summed E-state index contributed by atoms with van der Waals surface area (Å²) in [5, 5.41) is 4.53. The van der Waals surface area contributed by atoms with Gasteiger partial charge < -0.3 is 18.9 Å². The van der Waals surface area contributed by atoms with Crippen molar-refractivity contribution >= 4 is 82.6 Å². The summed E-state index contributed by atoms with van der Waals surface area (Å²) in [5.74, 6) is 7.92. The Kier molecular flexibility index (Phi) is 13.3. The van der Waals surface area contributed by atoms with Gasteiger partial charge in [0.1, 0.15) is 62.1 Å². The van der Waals surface area contributed by atoms with E-state index in [4.69, 9.17) is 28.9 Å². The summed E-state index contributed by atoms with van der Waals surface area (Å²) < 4.78 is 31.0. The monoisotopic (exact) mass is 1210 g/mol. The van der Waals surface area contributed by atoms with Crippen LogP contribution in [0.5, 0.6) is 46.0 Å². The second-order valence-electron chi connectivity index (χ2n) is 24.4. The molecule has 12 heteroatoms. The normalized spacial score (nSPS) is 12.4. The minimum atomic E-state index is -0.0703. The van der Waals surface area contributed by atoms with Crippen molar-refractivity contribution in [1.29, 1.82) is 0 Å². The molecule has 6 aromatic heterocycles. The average Bonchev–Trinajstić information content (AvgIpc) is 1.29. The van der Waals surface area contributed by atoms with E-state index in [2.05, 4.69) is 198 Å². The van der Waals surface area contributed by atoms with Gasteiger partial charge in [-0.2, -0.15) is 0 Å². The Morgan fingerprint density at radius 1 is 0.386 bits per heavy atom. The molecule has 0 spiro atoms. The van der Waals surface area contributed by atoms with E-state index in [-0.39, 0.29) is 17.5 Å². The molecule has 8 heterocycles. The molecule has 0 amide bonds. The summed E-state index contributed by atoms with van der Waals surface area (Å²) >= 11 is 3.73. The predicted molar refractivity (Wildman–Crippen MR) is 359 cm³/mol. The van der Waals surface area contributed by atoms with Crippen LogP contribution >= 0.6 is 15.9 Å². The first-order valence-electron chi connectivity index (χ1n) is 29.5. The van der Waals surface area contributed by atoms with Crippen molar-refractivity contribution in [1.82, 2.24) is 29.1 Å². The third kappa shape index (κ3) is 9.79. The van der Waals surface area contributed by atoms with Crippen LogP contribution in [0.1, 0.15) is 52.7 Å². The van der Waals surface area contributed by atoms with E-state index < -0.39 is 0 Å². The Bertz CT molecular complexity index is 5030. The lowest BCUT2D eigenvalue weighted by Gasteiger charge is -2.33. The fourth-order valence-electron chi connectivity index (χ4n) is 12.2. The molecule has 16 rings (SSSR count). The van der Waals surface area contributed by atoms with E-state index in [1.54, 1.807) is 0 Å². The highest BCUT2D eigenvalue weighted by Gasteiger charge is 2.41. The fraction of sp³-hybridized carbons (Fsp3) is 0.105. The van der Waals surface area contributed by atoms with Crippen LogP contribution in [0.15, 0.2) is 248 Å². The molecular weight excluding hydrogens is 1150 g/mol. The molecule has 0 fully saturated rings. The molecule has 0 unspecified atom stereocenters. The highest BCUT2D eigenvalue weighted by Crippen LogP contribution is 2.43. The van der Waals surface area contributed by atoms with Crippen LogP contribution in [0.4, 0.5) is 0 Å². The first-order valence-corrected chi connectivity index (χ1v) is 30.3. The van der Waals surface area contributed by atoms with Crippen LogP contribution in [0.3, 0.4) is 0 Å². The standard InChI is InChI=1S/C38H28BN3O2.C38H30BrN3O2/c1-38(2,3)24-16-18-40-29(20-24)23-14-15-32-27(19-23)39-28-22-31-26(21-35(28)44-34-12-8-11-33(43-32)37(34)39)25-9-4-5-10-30(25)42(31)36-13-6-7-17-41-36;1-38(2,3)26-20-22-40-31(23-26)25-14-16-27(17-15-25)43-34-11-8-12-35(37(34)39)44-28-18-19-33-30(24-28)29-9-4-5-10-32(29)42(33)36-13-6-7-21-41-36/h4-22H,1-3H3;4-24H,1-3H3. The van der Waals surface area contributed by atoms with Gasteiger partial charge in [0.25, 0.3) is 6.71 Å². The predicted octanol–water partition coefficient (Wildman–Crippen LogP) is 18.2. The number of halogens is 1. The number of ether oxygens (including phenoxy) is 4. The summed E-state index contributed by atoms with van der Waals surface area (Å²) in [4.78, 5) is 18.7. The smallest absolute Gasteiger partial charge is 0.260 e. The molecule has 0 saturated heterocycles. The summed E-state index contributed by atoms with van der Waals surface area (Å²) in [7, 11) is 0. The molecular formula is C76H58BBrN6O4. The molecule has 426 valence electrons. The van der Waals surface area contributed by atoms with E-state index >= 15 is 0 Å². The molecule has 10 nitrogen and oxygen atoms in total. The molecule has 2 aliphatic rings. The molecule has 2 aliphatic heterocycles. The van der Waals surface area contributed by atoms with Gasteiger partial charge in [-0.15, -0.1) is 0 Å². The second-order valence-corrected chi connectivity index (χ2v) is 25.2. The molecule has 14 aromatic rings. The van der Waals surface area contributed by atoms with Crippen LogP contribution < -0.4 is 35.3 Å². The number of aromatic nitrogens is 6. The number of rotatable bonds is 8.